The maximum absolute atomic E-state index is 12.9. The van der Waals surface area contributed by atoms with Gasteiger partial charge in [-0.05, 0) is 23.3 Å². The quantitative estimate of drug-likeness (QED) is 0.629. The van der Waals surface area contributed by atoms with Crippen LogP contribution in [0.25, 0.3) is 22.8 Å². The van der Waals surface area contributed by atoms with Gasteiger partial charge in [-0.15, -0.1) is 5.10 Å². The lowest BCUT2D eigenvalue weighted by molar-refractivity contribution is 0.659. The molecule has 0 unspecified atom stereocenters. The van der Waals surface area contributed by atoms with Crippen molar-refractivity contribution in [2.75, 3.05) is 5.73 Å². The summed E-state index contributed by atoms with van der Waals surface area (Å²) in [6, 6.07) is 15.1. The van der Waals surface area contributed by atoms with Gasteiger partial charge in [0.15, 0.2) is 5.82 Å². The van der Waals surface area contributed by atoms with E-state index in [1.54, 1.807) is 6.08 Å². The highest BCUT2D eigenvalue weighted by atomic mass is 16.2. The zero-order valence-corrected chi connectivity index (χ0v) is 12.9. The number of nitrogens with two attached hydrogens (primary N) is 1. The van der Waals surface area contributed by atoms with E-state index in [0.717, 1.165) is 11.1 Å². The van der Waals surface area contributed by atoms with E-state index >= 15 is 0 Å². The number of fused-ring (bicyclic) bond motifs is 3. The van der Waals surface area contributed by atoms with Gasteiger partial charge in [0.25, 0.3) is 0 Å². The molecule has 0 saturated heterocycles. The maximum Gasteiger partial charge on any atom is 0.351 e. The molecule has 0 aliphatic rings. The number of hydrogen-bond donors (Lipinski definition) is 1. The molecule has 2 heterocycles. The zero-order valence-electron chi connectivity index (χ0n) is 12.9. The fraction of sp³-hybridized carbons (Fsp3) is 0.0556. The van der Waals surface area contributed by atoms with Gasteiger partial charge in [-0.3, -0.25) is 0 Å². The summed E-state index contributed by atoms with van der Waals surface area (Å²) in [4.78, 5) is 17.2. The molecule has 6 nitrogen and oxygen atoms in total. The minimum Gasteiger partial charge on any atom is -0.381 e. The lowest BCUT2D eigenvalue weighted by Crippen LogP contribution is -2.22. The van der Waals surface area contributed by atoms with E-state index in [1.165, 1.54) is 9.08 Å². The van der Waals surface area contributed by atoms with E-state index in [-0.39, 0.29) is 11.5 Å². The summed E-state index contributed by atoms with van der Waals surface area (Å²) < 4.78 is 2.91. The lowest BCUT2D eigenvalue weighted by atomic mass is 10.1. The van der Waals surface area contributed by atoms with Crippen LogP contribution >= 0.6 is 0 Å². The van der Waals surface area contributed by atoms with E-state index < -0.39 is 0 Å². The topological polar surface area (TPSA) is 78.2 Å². The zero-order chi connectivity index (χ0) is 16.7. The van der Waals surface area contributed by atoms with Crippen molar-refractivity contribution in [1.29, 1.82) is 0 Å². The number of para-hydroxylation sites is 2. The van der Waals surface area contributed by atoms with Crippen molar-refractivity contribution < 1.29 is 0 Å². The van der Waals surface area contributed by atoms with Gasteiger partial charge in [-0.25, -0.2) is 18.9 Å². The summed E-state index contributed by atoms with van der Waals surface area (Å²) >= 11 is 0. The smallest absolute Gasteiger partial charge is 0.351 e. The van der Waals surface area contributed by atoms with Gasteiger partial charge in [-0.1, -0.05) is 49.1 Å². The summed E-state index contributed by atoms with van der Waals surface area (Å²) in [5.41, 5.74) is 9.41. The Bertz CT molecular complexity index is 1140. The summed E-state index contributed by atoms with van der Waals surface area (Å²) in [5.74, 6) is 0.238. The van der Waals surface area contributed by atoms with Gasteiger partial charge < -0.3 is 5.73 Å². The van der Waals surface area contributed by atoms with Crippen LogP contribution in [0.3, 0.4) is 0 Å². The van der Waals surface area contributed by atoms with Gasteiger partial charge >= 0.3 is 5.69 Å². The van der Waals surface area contributed by atoms with Crippen molar-refractivity contribution in [1.82, 2.24) is 19.2 Å². The molecule has 6 heteroatoms. The van der Waals surface area contributed by atoms with Crippen molar-refractivity contribution >= 4 is 28.6 Å². The monoisotopic (exact) mass is 317 g/mol. The van der Waals surface area contributed by atoms with Gasteiger partial charge in [-0.2, -0.15) is 0 Å². The second-order valence-corrected chi connectivity index (χ2v) is 5.49. The molecule has 0 radical (unpaired) electrons. The molecule has 0 atom stereocenters. The van der Waals surface area contributed by atoms with Crippen molar-refractivity contribution in [2.24, 2.45) is 0 Å². The minimum atomic E-state index is -0.242. The minimum absolute atomic E-state index is 0.238. The Morgan fingerprint density at radius 3 is 2.71 bits per heavy atom. The molecule has 0 spiro atoms. The number of rotatable bonds is 3. The molecular formula is C18H15N5O. The Morgan fingerprint density at radius 2 is 1.88 bits per heavy atom. The molecule has 2 N–H and O–H groups in total. The van der Waals surface area contributed by atoms with Crippen molar-refractivity contribution in [3.05, 3.63) is 76.7 Å². The first kappa shape index (κ1) is 14.2. The Labute approximate surface area is 137 Å². The normalized spacial score (nSPS) is 11.2. The summed E-state index contributed by atoms with van der Waals surface area (Å²) in [6.07, 6.45) is 1.77. The van der Waals surface area contributed by atoms with Crippen LogP contribution in [-0.2, 0) is 6.54 Å². The van der Waals surface area contributed by atoms with Crippen LogP contribution in [0.4, 0.5) is 5.82 Å². The van der Waals surface area contributed by atoms with Crippen LogP contribution < -0.4 is 11.4 Å². The summed E-state index contributed by atoms with van der Waals surface area (Å²) in [6.45, 7) is 4.15. The van der Waals surface area contributed by atoms with Crippen LogP contribution in [0.15, 0.2) is 59.9 Å². The van der Waals surface area contributed by atoms with Crippen LogP contribution in [-0.4, -0.2) is 19.2 Å². The Kier molecular flexibility index (Phi) is 3.16. The van der Waals surface area contributed by atoms with E-state index in [0.29, 0.717) is 23.2 Å². The maximum atomic E-state index is 12.9. The Balaban J connectivity index is 1.96. The summed E-state index contributed by atoms with van der Waals surface area (Å²) in [5, 5.41) is 4.38. The highest BCUT2D eigenvalue weighted by molar-refractivity contribution is 5.81. The van der Waals surface area contributed by atoms with Gasteiger partial charge in [0.05, 0.1) is 17.6 Å². The van der Waals surface area contributed by atoms with Gasteiger partial charge in [0.1, 0.15) is 0 Å². The molecular weight excluding hydrogens is 302 g/mol. The van der Waals surface area contributed by atoms with Gasteiger partial charge in [0.2, 0.25) is 5.65 Å². The molecule has 0 aliphatic carbocycles. The van der Waals surface area contributed by atoms with Crippen LogP contribution in [0.5, 0.6) is 0 Å². The van der Waals surface area contributed by atoms with E-state index in [9.17, 15) is 4.79 Å². The number of aromatic nitrogens is 4. The number of nitrogen functional groups attached to an aromatic ring is 1. The highest BCUT2D eigenvalue weighted by Crippen LogP contribution is 2.17. The fourth-order valence-corrected chi connectivity index (χ4v) is 2.86. The molecule has 0 fully saturated rings. The van der Waals surface area contributed by atoms with Crippen molar-refractivity contribution in [3.8, 4) is 0 Å². The predicted molar refractivity (Wildman–Crippen MR) is 94.8 cm³/mol. The predicted octanol–water partition coefficient (Wildman–Crippen LogP) is 2.32. The second-order valence-electron chi connectivity index (χ2n) is 5.49. The first-order valence-corrected chi connectivity index (χ1v) is 7.53. The molecule has 0 amide bonds. The summed E-state index contributed by atoms with van der Waals surface area (Å²) in [7, 11) is 0. The fourth-order valence-electron chi connectivity index (χ4n) is 2.86. The van der Waals surface area contributed by atoms with E-state index in [1.807, 2.05) is 48.5 Å². The standard InChI is InChI=1S/C18H15N5O/c1-2-12-7-3-4-8-13(12)11-22-18(24)23-15-10-6-5-9-14(15)20-16(19)17(23)21-22/h2-10H,1,11H2,(H2,19,20). The average Bonchev–Trinajstić information content (AvgIpc) is 2.93. The van der Waals surface area contributed by atoms with Crippen LogP contribution in [0, 0.1) is 0 Å². The third-order valence-electron chi connectivity index (χ3n) is 4.03. The average molecular weight is 317 g/mol. The molecule has 2 aromatic carbocycles. The largest absolute Gasteiger partial charge is 0.381 e. The first-order valence-electron chi connectivity index (χ1n) is 7.53. The van der Waals surface area contributed by atoms with Crippen molar-refractivity contribution in [3.63, 3.8) is 0 Å². The number of benzene rings is 2. The lowest BCUT2D eigenvalue weighted by Gasteiger charge is -2.04. The Morgan fingerprint density at radius 1 is 1.12 bits per heavy atom. The first-order chi connectivity index (χ1) is 11.7. The molecule has 4 aromatic rings. The molecule has 4 rings (SSSR count). The van der Waals surface area contributed by atoms with Crippen LogP contribution in [0.1, 0.15) is 11.1 Å². The molecule has 2 aromatic heterocycles. The third-order valence-corrected chi connectivity index (χ3v) is 4.03. The number of anilines is 1. The van der Waals surface area contributed by atoms with Crippen LogP contribution in [0.2, 0.25) is 0 Å². The second kappa shape index (κ2) is 5.34. The molecule has 0 saturated carbocycles. The SMILES string of the molecule is C=Cc1ccccc1Cn1nc2c(N)nc3ccccc3n2c1=O. The highest BCUT2D eigenvalue weighted by Gasteiger charge is 2.14. The number of nitrogens with zero attached hydrogens (tertiary/aromatic N) is 4. The molecule has 24 heavy (non-hydrogen) atoms. The third kappa shape index (κ3) is 2.08. The van der Waals surface area contributed by atoms with Gasteiger partial charge in [0, 0.05) is 0 Å². The molecule has 0 aliphatic heterocycles. The Hall–Kier alpha value is -3.41. The van der Waals surface area contributed by atoms with E-state index in [4.69, 9.17) is 5.73 Å². The van der Waals surface area contributed by atoms with Crippen molar-refractivity contribution in [2.45, 2.75) is 6.54 Å². The number of hydrogen-bond acceptors (Lipinski definition) is 4. The van der Waals surface area contributed by atoms with E-state index in [2.05, 4.69) is 16.7 Å². The molecule has 0 bridgehead atoms. The molecule has 118 valence electrons.